The Balaban J connectivity index is 1.75. The van der Waals surface area contributed by atoms with Crippen LogP contribution in [0, 0.1) is 0 Å². The summed E-state index contributed by atoms with van der Waals surface area (Å²) in [4.78, 5) is 0. The summed E-state index contributed by atoms with van der Waals surface area (Å²) < 4.78 is 5.81. The van der Waals surface area contributed by atoms with Crippen LogP contribution in [-0.4, -0.2) is 18.8 Å². The summed E-state index contributed by atoms with van der Waals surface area (Å²) in [7, 11) is 0. The van der Waals surface area contributed by atoms with Gasteiger partial charge in [0.05, 0.1) is 12.2 Å². The second-order valence-corrected chi connectivity index (χ2v) is 4.22. The second-order valence-electron chi connectivity index (χ2n) is 4.22. The molecular formula is C13H19NO. The maximum atomic E-state index is 5.81. The average molecular weight is 205 g/mol. The normalized spacial score (nSPS) is 25.7. The zero-order valence-electron chi connectivity index (χ0n) is 9.06. The smallest absolute Gasteiger partial charge is 0.0702 e. The molecule has 1 heterocycles. The third-order valence-corrected chi connectivity index (χ3v) is 3.06. The van der Waals surface area contributed by atoms with Crippen molar-refractivity contribution in [2.45, 2.75) is 37.9 Å². The topological polar surface area (TPSA) is 35.2 Å². The first-order valence-corrected chi connectivity index (χ1v) is 5.78. The Morgan fingerprint density at radius 2 is 1.87 bits per heavy atom. The molecule has 2 atom stereocenters. The number of ether oxygens (including phenoxy) is 1. The predicted octanol–water partition coefficient (Wildman–Crippen LogP) is 2.13. The molecule has 2 N–H and O–H groups in total. The first-order valence-electron chi connectivity index (χ1n) is 5.78. The molecule has 0 spiro atoms. The zero-order valence-corrected chi connectivity index (χ0v) is 9.06. The van der Waals surface area contributed by atoms with E-state index in [1.54, 1.807) is 0 Å². The summed E-state index contributed by atoms with van der Waals surface area (Å²) in [5, 5.41) is 0. The summed E-state index contributed by atoms with van der Waals surface area (Å²) in [6, 6.07) is 10.6. The Hall–Kier alpha value is -0.860. The number of benzene rings is 1. The van der Waals surface area contributed by atoms with Crippen LogP contribution in [0.4, 0.5) is 0 Å². The fourth-order valence-corrected chi connectivity index (χ4v) is 2.14. The Morgan fingerprint density at radius 3 is 2.53 bits per heavy atom. The maximum absolute atomic E-state index is 5.81. The van der Waals surface area contributed by atoms with Gasteiger partial charge in [0.25, 0.3) is 0 Å². The van der Waals surface area contributed by atoms with E-state index in [0.29, 0.717) is 18.8 Å². The minimum Gasteiger partial charge on any atom is -0.374 e. The van der Waals surface area contributed by atoms with Crippen LogP contribution in [0.25, 0.3) is 0 Å². The molecule has 2 rings (SSSR count). The van der Waals surface area contributed by atoms with Gasteiger partial charge in [0.2, 0.25) is 0 Å². The van der Waals surface area contributed by atoms with E-state index in [9.17, 15) is 0 Å². The van der Waals surface area contributed by atoms with E-state index in [1.807, 2.05) is 0 Å². The standard InChI is InChI=1S/C13H19NO/c14-10-13-9-8-12(15-13)7-6-11-4-2-1-3-5-11/h1-5,12-13H,6-10,14H2. The molecule has 82 valence electrons. The van der Waals surface area contributed by atoms with Gasteiger partial charge in [-0.3, -0.25) is 0 Å². The van der Waals surface area contributed by atoms with Gasteiger partial charge in [-0.15, -0.1) is 0 Å². The first kappa shape index (κ1) is 10.7. The summed E-state index contributed by atoms with van der Waals surface area (Å²) in [5.41, 5.74) is 6.98. The van der Waals surface area contributed by atoms with E-state index in [2.05, 4.69) is 30.3 Å². The van der Waals surface area contributed by atoms with Crippen LogP contribution in [-0.2, 0) is 11.2 Å². The highest BCUT2D eigenvalue weighted by atomic mass is 16.5. The highest BCUT2D eigenvalue weighted by Gasteiger charge is 2.23. The number of rotatable bonds is 4. The van der Waals surface area contributed by atoms with Crippen LogP contribution in [0.3, 0.4) is 0 Å². The molecule has 2 unspecified atom stereocenters. The lowest BCUT2D eigenvalue weighted by Gasteiger charge is -2.11. The summed E-state index contributed by atoms with van der Waals surface area (Å²) >= 11 is 0. The van der Waals surface area contributed by atoms with Crippen molar-refractivity contribution in [2.75, 3.05) is 6.54 Å². The lowest BCUT2D eigenvalue weighted by molar-refractivity contribution is 0.0458. The minimum atomic E-state index is 0.311. The molecule has 2 nitrogen and oxygen atoms in total. The highest BCUT2D eigenvalue weighted by Crippen LogP contribution is 2.22. The summed E-state index contributed by atoms with van der Waals surface area (Å²) in [6.45, 7) is 0.668. The van der Waals surface area contributed by atoms with Crippen LogP contribution >= 0.6 is 0 Å². The van der Waals surface area contributed by atoms with Gasteiger partial charge in [0.15, 0.2) is 0 Å². The Morgan fingerprint density at radius 1 is 1.13 bits per heavy atom. The van der Waals surface area contributed by atoms with Crippen LogP contribution in [0.5, 0.6) is 0 Å². The molecule has 1 saturated heterocycles. The van der Waals surface area contributed by atoms with Gasteiger partial charge in [-0.05, 0) is 31.2 Å². The monoisotopic (exact) mass is 205 g/mol. The average Bonchev–Trinajstić information content (AvgIpc) is 2.76. The molecule has 1 aliphatic rings. The molecule has 0 aliphatic carbocycles. The van der Waals surface area contributed by atoms with Crippen molar-refractivity contribution in [1.82, 2.24) is 0 Å². The van der Waals surface area contributed by atoms with Crippen molar-refractivity contribution < 1.29 is 4.74 Å². The summed E-state index contributed by atoms with van der Waals surface area (Å²) in [6.07, 6.45) is 5.29. The highest BCUT2D eigenvalue weighted by molar-refractivity contribution is 5.14. The molecule has 15 heavy (non-hydrogen) atoms. The van der Waals surface area contributed by atoms with Crippen molar-refractivity contribution in [2.24, 2.45) is 5.73 Å². The van der Waals surface area contributed by atoms with Gasteiger partial charge in [-0.2, -0.15) is 0 Å². The van der Waals surface area contributed by atoms with E-state index >= 15 is 0 Å². The fourth-order valence-electron chi connectivity index (χ4n) is 2.14. The van der Waals surface area contributed by atoms with Crippen molar-refractivity contribution in [3.8, 4) is 0 Å². The quantitative estimate of drug-likeness (QED) is 0.817. The third-order valence-electron chi connectivity index (χ3n) is 3.06. The van der Waals surface area contributed by atoms with Crippen LogP contribution < -0.4 is 5.73 Å². The number of nitrogens with two attached hydrogens (primary N) is 1. The molecule has 1 fully saturated rings. The fraction of sp³-hybridized carbons (Fsp3) is 0.538. The number of hydrogen-bond donors (Lipinski definition) is 1. The van der Waals surface area contributed by atoms with Gasteiger partial charge < -0.3 is 10.5 Å². The Bertz CT molecular complexity index is 286. The van der Waals surface area contributed by atoms with E-state index in [4.69, 9.17) is 10.5 Å². The lowest BCUT2D eigenvalue weighted by atomic mass is 10.1. The lowest BCUT2D eigenvalue weighted by Crippen LogP contribution is -2.20. The van der Waals surface area contributed by atoms with Gasteiger partial charge in [0.1, 0.15) is 0 Å². The third kappa shape index (κ3) is 3.05. The van der Waals surface area contributed by atoms with Crippen molar-refractivity contribution in [3.05, 3.63) is 35.9 Å². The van der Waals surface area contributed by atoms with Gasteiger partial charge in [-0.25, -0.2) is 0 Å². The molecule has 0 amide bonds. The first-order chi connectivity index (χ1) is 7.38. The largest absolute Gasteiger partial charge is 0.374 e. The molecule has 0 radical (unpaired) electrons. The molecule has 0 aromatic heterocycles. The molecule has 0 saturated carbocycles. The molecule has 1 aliphatic heterocycles. The van der Waals surface area contributed by atoms with Gasteiger partial charge in [-0.1, -0.05) is 30.3 Å². The molecule has 0 bridgehead atoms. The van der Waals surface area contributed by atoms with Gasteiger partial charge >= 0.3 is 0 Å². The SMILES string of the molecule is NCC1CCC(CCc2ccccc2)O1. The predicted molar refractivity (Wildman–Crippen MR) is 61.7 cm³/mol. The zero-order chi connectivity index (χ0) is 10.5. The molecule has 2 heteroatoms. The molecular weight excluding hydrogens is 186 g/mol. The number of hydrogen-bond acceptors (Lipinski definition) is 2. The Kier molecular flexibility index (Phi) is 3.75. The van der Waals surface area contributed by atoms with Crippen molar-refractivity contribution >= 4 is 0 Å². The second kappa shape index (κ2) is 5.29. The van der Waals surface area contributed by atoms with E-state index in [-0.39, 0.29) is 0 Å². The van der Waals surface area contributed by atoms with Gasteiger partial charge in [0, 0.05) is 6.54 Å². The molecule has 1 aromatic rings. The Labute approximate surface area is 91.4 Å². The summed E-state index contributed by atoms with van der Waals surface area (Å²) in [5.74, 6) is 0. The van der Waals surface area contributed by atoms with Crippen molar-refractivity contribution in [3.63, 3.8) is 0 Å². The molecule has 1 aromatic carbocycles. The van der Waals surface area contributed by atoms with E-state index in [0.717, 1.165) is 19.3 Å². The van der Waals surface area contributed by atoms with Crippen LogP contribution in [0.1, 0.15) is 24.8 Å². The maximum Gasteiger partial charge on any atom is 0.0702 e. The van der Waals surface area contributed by atoms with E-state index < -0.39 is 0 Å². The van der Waals surface area contributed by atoms with E-state index in [1.165, 1.54) is 12.0 Å². The number of aryl methyl sites for hydroxylation is 1. The van der Waals surface area contributed by atoms with Crippen molar-refractivity contribution in [1.29, 1.82) is 0 Å². The minimum absolute atomic E-state index is 0.311. The van der Waals surface area contributed by atoms with Crippen LogP contribution in [0.2, 0.25) is 0 Å². The van der Waals surface area contributed by atoms with Crippen LogP contribution in [0.15, 0.2) is 30.3 Å².